The number of hydrogen-bond donors (Lipinski definition) is 2. The number of nitrogens with one attached hydrogen (secondary N) is 2. The predicted molar refractivity (Wildman–Crippen MR) is 106 cm³/mol. The molecule has 1 aliphatic carbocycles. The van der Waals surface area contributed by atoms with Crippen LogP contribution in [0.3, 0.4) is 0 Å². The van der Waals surface area contributed by atoms with Crippen LogP contribution in [0, 0.1) is 6.92 Å². The van der Waals surface area contributed by atoms with Gasteiger partial charge in [0.1, 0.15) is 0 Å². The zero-order valence-corrected chi connectivity index (χ0v) is 16.8. The van der Waals surface area contributed by atoms with Gasteiger partial charge >= 0.3 is 0 Å². The Labute approximate surface area is 165 Å². The summed E-state index contributed by atoms with van der Waals surface area (Å²) in [5, 5.41) is 6.21. The fraction of sp³-hybridized carbons (Fsp3) is 0.526. The molecular weight excluding hydrogens is 368 g/mol. The maximum atomic E-state index is 12.5. The van der Waals surface area contributed by atoms with Gasteiger partial charge in [0, 0.05) is 23.3 Å². The van der Waals surface area contributed by atoms with E-state index in [4.69, 9.17) is 11.6 Å². The highest BCUT2D eigenvalue weighted by Gasteiger charge is 2.24. The Morgan fingerprint density at radius 3 is 2.48 bits per heavy atom. The van der Waals surface area contributed by atoms with Crippen LogP contribution in [0.5, 0.6) is 0 Å². The van der Waals surface area contributed by atoms with Gasteiger partial charge in [-0.3, -0.25) is 19.3 Å². The second kappa shape index (κ2) is 9.71. The number of carbonyl (C=O) groups is 3. The molecule has 0 aliphatic heterocycles. The number of rotatable bonds is 9. The van der Waals surface area contributed by atoms with Gasteiger partial charge in [0.15, 0.2) is 0 Å². The zero-order valence-electron chi connectivity index (χ0n) is 16.0. The van der Waals surface area contributed by atoms with Crippen molar-refractivity contribution >= 4 is 35.0 Å². The summed E-state index contributed by atoms with van der Waals surface area (Å²) in [4.78, 5) is 39.7. The summed E-state index contributed by atoms with van der Waals surface area (Å²) in [6.45, 7) is 4.28. The summed E-state index contributed by atoms with van der Waals surface area (Å²) < 4.78 is 0. The summed E-state index contributed by atoms with van der Waals surface area (Å²) in [6, 6.07) is 5.55. The first-order chi connectivity index (χ1) is 12.8. The van der Waals surface area contributed by atoms with Crippen LogP contribution in [-0.4, -0.2) is 66.8 Å². The SMILES string of the molecule is CCN(CC(=O)Nc1cc(Cl)ccc1C)C(=O)CN(C)CC(=O)NC1CC1. The number of nitrogens with zero attached hydrogens (tertiary/aromatic N) is 2. The number of halogens is 1. The van der Waals surface area contributed by atoms with E-state index < -0.39 is 0 Å². The Hall–Kier alpha value is -2.12. The van der Waals surface area contributed by atoms with Crippen LogP contribution >= 0.6 is 11.6 Å². The highest BCUT2D eigenvalue weighted by molar-refractivity contribution is 6.31. The second-order valence-corrected chi connectivity index (χ2v) is 7.37. The fourth-order valence-corrected chi connectivity index (χ4v) is 2.77. The lowest BCUT2D eigenvalue weighted by atomic mass is 10.2. The third-order valence-electron chi connectivity index (χ3n) is 4.30. The molecule has 1 aliphatic rings. The number of hydrogen-bond acceptors (Lipinski definition) is 4. The molecule has 2 N–H and O–H groups in total. The first-order valence-electron chi connectivity index (χ1n) is 9.10. The van der Waals surface area contributed by atoms with E-state index in [0.717, 1.165) is 18.4 Å². The van der Waals surface area contributed by atoms with Crippen LogP contribution in [0.15, 0.2) is 18.2 Å². The maximum Gasteiger partial charge on any atom is 0.244 e. The van der Waals surface area contributed by atoms with Crippen LogP contribution in [0.1, 0.15) is 25.3 Å². The van der Waals surface area contributed by atoms with Gasteiger partial charge in [-0.05, 0) is 51.4 Å². The number of aryl methyl sites for hydroxylation is 1. The molecule has 0 heterocycles. The quantitative estimate of drug-likeness (QED) is 0.667. The number of amides is 3. The van der Waals surface area contributed by atoms with Crippen molar-refractivity contribution in [3.8, 4) is 0 Å². The molecule has 3 amide bonds. The van der Waals surface area contributed by atoms with Crippen molar-refractivity contribution in [1.29, 1.82) is 0 Å². The highest BCUT2D eigenvalue weighted by atomic mass is 35.5. The van der Waals surface area contributed by atoms with Gasteiger partial charge in [-0.25, -0.2) is 0 Å². The molecule has 148 valence electrons. The van der Waals surface area contributed by atoms with E-state index in [0.29, 0.717) is 23.3 Å². The van der Waals surface area contributed by atoms with Crippen LogP contribution in [-0.2, 0) is 14.4 Å². The van der Waals surface area contributed by atoms with Crippen molar-refractivity contribution in [2.75, 3.05) is 38.5 Å². The Bertz CT molecular complexity index is 706. The molecule has 0 spiro atoms. The topological polar surface area (TPSA) is 81.8 Å². The molecular formula is C19H27ClN4O3. The van der Waals surface area contributed by atoms with E-state index in [-0.39, 0.29) is 37.4 Å². The van der Waals surface area contributed by atoms with Crippen molar-refractivity contribution in [2.24, 2.45) is 0 Å². The molecule has 27 heavy (non-hydrogen) atoms. The zero-order chi connectivity index (χ0) is 20.0. The molecule has 1 aromatic carbocycles. The third kappa shape index (κ3) is 7.19. The number of carbonyl (C=O) groups excluding carboxylic acids is 3. The average Bonchev–Trinajstić information content (AvgIpc) is 3.39. The largest absolute Gasteiger partial charge is 0.352 e. The van der Waals surface area contributed by atoms with Crippen molar-refractivity contribution in [1.82, 2.24) is 15.1 Å². The molecule has 0 unspecified atom stereocenters. The lowest BCUT2D eigenvalue weighted by Crippen LogP contribution is -2.45. The van der Waals surface area contributed by atoms with E-state index in [1.807, 2.05) is 19.9 Å². The normalized spacial score (nSPS) is 13.4. The van der Waals surface area contributed by atoms with Gasteiger partial charge in [-0.2, -0.15) is 0 Å². The Balaban J connectivity index is 1.83. The first kappa shape index (κ1) is 21.2. The van der Waals surface area contributed by atoms with Crippen molar-refractivity contribution in [3.63, 3.8) is 0 Å². The molecule has 0 aromatic heterocycles. The summed E-state index contributed by atoms with van der Waals surface area (Å²) in [5.74, 6) is -0.563. The van der Waals surface area contributed by atoms with Crippen LogP contribution in [0.2, 0.25) is 5.02 Å². The molecule has 0 radical (unpaired) electrons. The number of benzene rings is 1. The van der Waals surface area contributed by atoms with Crippen molar-refractivity contribution < 1.29 is 14.4 Å². The van der Waals surface area contributed by atoms with E-state index in [1.54, 1.807) is 24.1 Å². The molecule has 0 atom stereocenters. The minimum Gasteiger partial charge on any atom is -0.352 e. The van der Waals surface area contributed by atoms with Crippen molar-refractivity contribution in [2.45, 2.75) is 32.7 Å². The van der Waals surface area contributed by atoms with Gasteiger partial charge in [0.25, 0.3) is 0 Å². The molecule has 2 rings (SSSR count). The van der Waals surface area contributed by atoms with Gasteiger partial charge in [0.2, 0.25) is 17.7 Å². The minimum absolute atomic E-state index is 0.0522. The standard InChI is InChI=1S/C19H27ClN4O3/c1-4-24(11-18(26)22-16-9-14(20)6-5-13(16)2)19(27)12-23(3)10-17(25)21-15-7-8-15/h5-6,9,15H,4,7-8,10-12H2,1-3H3,(H,21,25)(H,22,26). The predicted octanol–water partition coefficient (Wildman–Crippen LogP) is 1.65. The summed E-state index contributed by atoms with van der Waals surface area (Å²) in [6.07, 6.45) is 2.05. The summed E-state index contributed by atoms with van der Waals surface area (Å²) in [7, 11) is 1.72. The molecule has 8 heteroatoms. The van der Waals surface area contributed by atoms with Gasteiger partial charge in [0.05, 0.1) is 19.6 Å². The highest BCUT2D eigenvalue weighted by Crippen LogP contribution is 2.20. The van der Waals surface area contributed by atoms with Crippen LogP contribution in [0.4, 0.5) is 5.69 Å². The molecule has 1 saturated carbocycles. The Kier molecular flexibility index (Phi) is 7.62. The van der Waals surface area contributed by atoms with Gasteiger partial charge in [-0.1, -0.05) is 17.7 Å². The average molecular weight is 395 g/mol. The Morgan fingerprint density at radius 2 is 1.85 bits per heavy atom. The van der Waals surface area contributed by atoms with Gasteiger partial charge < -0.3 is 15.5 Å². The van der Waals surface area contributed by atoms with E-state index >= 15 is 0 Å². The van der Waals surface area contributed by atoms with E-state index in [2.05, 4.69) is 10.6 Å². The number of likely N-dealkylation sites (N-methyl/N-ethyl adjacent to an activating group) is 2. The molecule has 1 aromatic rings. The molecule has 0 bridgehead atoms. The third-order valence-corrected chi connectivity index (χ3v) is 4.54. The lowest BCUT2D eigenvalue weighted by molar-refractivity contribution is -0.135. The van der Waals surface area contributed by atoms with Crippen LogP contribution in [0.25, 0.3) is 0 Å². The van der Waals surface area contributed by atoms with E-state index in [9.17, 15) is 14.4 Å². The maximum absolute atomic E-state index is 12.5. The lowest BCUT2D eigenvalue weighted by Gasteiger charge is -2.24. The number of anilines is 1. The minimum atomic E-state index is -0.287. The summed E-state index contributed by atoms with van der Waals surface area (Å²) >= 11 is 5.96. The van der Waals surface area contributed by atoms with Crippen molar-refractivity contribution in [3.05, 3.63) is 28.8 Å². The van der Waals surface area contributed by atoms with Gasteiger partial charge in [-0.15, -0.1) is 0 Å². The molecule has 7 nitrogen and oxygen atoms in total. The second-order valence-electron chi connectivity index (χ2n) is 6.93. The fourth-order valence-electron chi connectivity index (χ4n) is 2.60. The smallest absolute Gasteiger partial charge is 0.244 e. The first-order valence-corrected chi connectivity index (χ1v) is 9.48. The van der Waals surface area contributed by atoms with Crippen LogP contribution < -0.4 is 10.6 Å². The summed E-state index contributed by atoms with van der Waals surface area (Å²) in [5.41, 5.74) is 1.52. The molecule has 0 saturated heterocycles. The van der Waals surface area contributed by atoms with E-state index in [1.165, 1.54) is 4.90 Å². The molecule has 1 fully saturated rings. The Morgan fingerprint density at radius 1 is 1.15 bits per heavy atom. The monoisotopic (exact) mass is 394 g/mol.